The molecular formula is C10H19N3O. The molecule has 0 bridgehead atoms. The van der Waals surface area contributed by atoms with Crippen LogP contribution in [0.25, 0.3) is 0 Å². The lowest BCUT2D eigenvalue weighted by molar-refractivity contribution is 0.190. The third kappa shape index (κ3) is 1.47. The lowest BCUT2D eigenvalue weighted by Crippen LogP contribution is -2.44. The van der Waals surface area contributed by atoms with Gasteiger partial charge in [0.15, 0.2) is 0 Å². The molecule has 2 aliphatic rings. The molecule has 2 saturated heterocycles. The third-order valence-electron chi connectivity index (χ3n) is 3.52. The molecule has 2 amide bonds. The van der Waals surface area contributed by atoms with Crippen LogP contribution < -0.4 is 10.6 Å². The molecule has 14 heavy (non-hydrogen) atoms. The van der Waals surface area contributed by atoms with Crippen LogP contribution in [0.2, 0.25) is 0 Å². The van der Waals surface area contributed by atoms with E-state index in [9.17, 15) is 4.79 Å². The van der Waals surface area contributed by atoms with Crippen molar-refractivity contribution in [1.82, 2.24) is 15.5 Å². The average molecular weight is 197 g/mol. The van der Waals surface area contributed by atoms with Crippen LogP contribution in [0.5, 0.6) is 0 Å². The van der Waals surface area contributed by atoms with E-state index in [0.717, 1.165) is 26.2 Å². The summed E-state index contributed by atoms with van der Waals surface area (Å²) < 4.78 is 0. The van der Waals surface area contributed by atoms with Crippen molar-refractivity contribution in [2.45, 2.75) is 19.9 Å². The molecule has 2 heterocycles. The SMILES string of the molecule is CCNC(=O)N1CC2CNCC2C1C. The minimum atomic E-state index is 0.106. The number of hydrogen-bond acceptors (Lipinski definition) is 2. The fourth-order valence-corrected chi connectivity index (χ4v) is 2.69. The Hall–Kier alpha value is -0.770. The Labute approximate surface area is 85.0 Å². The van der Waals surface area contributed by atoms with Gasteiger partial charge in [-0.25, -0.2) is 4.79 Å². The van der Waals surface area contributed by atoms with E-state index in [1.165, 1.54) is 0 Å². The van der Waals surface area contributed by atoms with E-state index >= 15 is 0 Å². The highest BCUT2D eigenvalue weighted by Gasteiger charge is 2.43. The van der Waals surface area contributed by atoms with Crippen molar-refractivity contribution < 1.29 is 4.79 Å². The van der Waals surface area contributed by atoms with Gasteiger partial charge < -0.3 is 15.5 Å². The van der Waals surface area contributed by atoms with Gasteiger partial charge in [0.05, 0.1) is 0 Å². The van der Waals surface area contributed by atoms with Crippen molar-refractivity contribution in [3.63, 3.8) is 0 Å². The number of carbonyl (C=O) groups is 1. The fourth-order valence-electron chi connectivity index (χ4n) is 2.69. The molecule has 0 aromatic heterocycles. The van der Waals surface area contributed by atoms with Crippen LogP contribution >= 0.6 is 0 Å². The van der Waals surface area contributed by atoms with Gasteiger partial charge in [0, 0.05) is 32.2 Å². The zero-order chi connectivity index (χ0) is 10.1. The maximum Gasteiger partial charge on any atom is 0.317 e. The molecule has 3 unspecified atom stereocenters. The van der Waals surface area contributed by atoms with Crippen LogP contribution in [0, 0.1) is 11.8 Å². The van der Waals surface area contributed by atoms with Crippen molar-refractivity contribution in [2.75, 3.05) is 26.2 Å². The summed E-state index contributed by atoms with van der Waals surface area (Å²) in [5, 5.41) is 6.26. The van der Waals surface area contributed by atoms with E-state index in [1.54, 1.807) is 0 Å². The standard InChI is InChI=1S/C10H19N3O/c1-3-12-10(14)13-6-8-4-11-5-9(8)7(13)2/h7-9,11H,3-6H2,1-2H3,(H,12,14). The number of nitrogens with one attached hydrogen (secondary N) is 2. The number of carbonyl (C=O) groups excluding carboxylic acids is 1. The second-order valence-corrected chi connectivity index (χ2v) is 4.31. The lowest BCUT2D eigenvalue weighted by atomic mass is 9.95. The Morgan fingerprint density at radius 1 is 1.57 bits per heavy atom. The lowest BCUT2D eigenvalue weighted by Gasteiger charge is -2.24. The van der Waals surface area contributed by atoms with Gasteiger partial charge in [-0.2, -0.15) is 0 Å². The molecule has 2 N–H and O–H groups in total. The first-order valence-corrected chi connectivity index (χ1v) is 5.49. The first-order valence-electron chi connectivity index (χ1n) is 5.49. The molecule has 0 saturated carbocycles. The van der Waals surface area contributed by atoms with Crippen LogP contribution in [0.15, 0.2) is 0 Å². The summed E-state index contributed by atoms with van der Waals surface area (Å²) in [4.78, 5) is 13.7. The normalized spacial score (nSPS) is 35.9. The van der Waals surface area contributed by atoms with Gasteiger partial charge in [-0.05, 0) is 25.7 Å². The van der Waals surface area contributed by atoms with E-state index < -0.39 is 0 Å². The first-order chi connectivity index (χ1) is 6.74. The Kier molecular flexibility index (Phi) is 2.63. The maximum absolute atomic E-state index is 11.7. The highest BCUT2D eigenvalue weighted by molar-refractivity contribution is 5.74. The van der Waals surface area contributed by atoms with Gasteiger partial charge in [-0.1, -0.05) is 0 Å². The summed E-state index contributed by atoms with van der Waals surface area (Å²) in [5.74, 6) is 1.34. The highest BCUT2D eigenvalue weighted by Crippen LogP contribution is 2.31. The van der Waals surface area contributed by atoms with E-state index in [2.05, 4.69) is 17.6 Å². The van der Waals surface area contributed by atoms with Crippen molar-refractivity contribution in [2.24, 2.45) is 11.8 Å². The van der Waals surface area contributed by atoms with Crippen LogP contribution in [0.1, 0.15) is 13.8 Å². The summed E-state index contributed by atoms with van der Waals surface area (Å²) in [6.07, 6.45) is 0. The molecular weight excluding hydrogens is 178 g/mol. The first kappa shape index (κ1) is 9.77. The minimum Gasteiger partial charge on any atom is -0.338 e. The molecule has 0 aromatic carbocycles. The Morgan fingerprint density at radius 2 is 2.36 bits per heavy atom. The van der Waals surface area contributed by atoms with Crippen molar-refractivity contribution in [3.8, 4) is 0 Å². The second kappa shape index (κ2) is 3.77. The molecule has 3 atom stereocenters. The summed E-state index contributed by atoms with van der Waals surface area (Å²) in [5.41, 5.74) is 0. The van der Waals surface area contributed by atoms with Crippen LogP contribution in [-0.4, -0.2) is 43.2 Å². The third-order valence-corrected chi connectivity index (χ3v) is 3.52. The zero-order valence-corrected chi connectivity index (χ0v) is 8.92. The van der Waals surface area contributed by atoms with Gasteiger partial charge >= 0.3 is 6.03 Å². The van der Waals surface area contributed by atoms with Crippen LogP contribution in [-0.2, 0) is 0 Å². The number of amides is 2. The molecule has 0 radical (unpaired) electrons. The fraction of sp³-hybridized carbons (Fsp3) is 0.900. The molecule has 0 aromatic rings. The van der Waals surface area contributed by atoms with Crippen LogP contribution in [0.3, 0.4) is 0 Å². The van der Waals surface area contributed by atoms with Gasteiger partial charge in [0.2, 0.25) is 0 Å². The van der Waals surface area contributed by atoms with Gasteiger partial charge in [0.25, 0.3) is 0 Å². The van der Waals surface area contributed by atoms with Crippen molar-refractivity contribution in [3.05, 3.63) is 0 Å². The predicted octanol–water partition coefficient (Wildman–Crippen LogP) is 0.256. The smallest absolute Gasteiger partial charge is 0.317 e. The number of likely N-dealkylation sites (tertiary alicyclic amines) is 1. The Morgan fingerprint density at radius 3 is 3.00 bits per heavy atom. The summed E-state index contributed by atoms with van der Waals surface area (Å²) in [6.45, 7) is 7.90. The topological polar surface area (TPSA) is 44.4 Å². The van der Waals surface area contributed by atoms with Crippen LogP contribution in [0.4, 0.5) is 4.79 Å². The van der Waals surface area contributed by atoms with Crippen molar-refractivity contribution in [1.29, 1.82) is 0 Å². The van der Waals surface area contributed by atoms with Gasteiger partial charge in [0.1, 0.15) is 0 Å². The molecule has 0 spiro atoms. The number of rotatable bonds is 1. The molecule has 2 aliphatic heterocycles. The summed E-state index contributed by atoms with van der Waals surface area (Å²) in [6, 6.07) is 0.496. The van der Waals surface area contributed by atoms with Gasteiger partial charge in [-0.15, -0.1) is 0 Å². The molecule has 2 rings (SSSR count). The molecule has 0 aliphatic carbocycles. The molecule has 80 valence electrons. The van der Waals surface area contributed by atoms with Crippen molar-refractivity contribution >= 4 is 6.03 Å². The largest absolute Gasteiger partial charge is 0.338 e. The second-order valence-electron chi connectivity index (χ2n) is 4.31. The quantitative estimate of drug-likeness (QED) is 0.633. The van der Waals surface area contributed by atoms with E-state index in [-0.39, 0.29) is 6.03 Å². The number of urea groups is 1. The van der Waals surface area contributed by atoms with E-state index in [4.69, 9.17) is 0 Å². The molecule has 4 heteroatoms. The number of fused-ring (bicyclic) bond motifs is 1. The number of nitrogens with zero attached hydrogens (tertiary/aromatic N) is 1. The number of hydrogen-bond donors (Lipinski definition) is 2. The zero-order valence-electron chi connectivity index (χ0n) is 8.92. The monoisotopic (exact) mass is 197 g/mol. The maximum atomic E-state index is 11.7. The van der Waals surface area contributed by atoms with Gasteiger partial charge in [-0.3, -0.25) is 0 Å². The molecule has 2 fully saturated rings. The predicted molar refractivity (Wildman–Crippen MR) is 55.1 cm³/mol. The minimum absolute atomic E-state index is 0.106. The van der Waals surface area contributed by atoms with E-state index in [1.807, 2.05) is 11.8 Å². The molecule has 4 nitrogen and oxygen atoms in total. The summed E-state index contributed by atoms with van der Waals surface area (Å²) in [7, 11) is 0. The average Bonchev–Trinajstić information content (AvgIpc) is 2.69. The Balaban J connectivity index is 1.99. The van der Waals surface area contributed by atoms with E-state index in [0.29, 0.717) is 17.9 Å². The highest BCUT2D eigenvalue weighted by atomic mass is 16.2. The Bertz CT molecular complexity index is 231. The summed E-state index contributed by atoms with van der Waals surface area (Å²) >= 11 is 0.